The van der Waals surface area contributed by atoms with Gasteiger partial charge in [0, 0.05) is 0 Å². The zero-order valence-corrected chi connectivity index (χ0v) is 15.7. The van der Waals surface area contributed by atoms with E-state index in [1.165, 1.54) is 0 Å². The number of hydrazone groups is 1. The average Bonchev–Trinajstić information content (AvgIpc) is 2.79. The van der Waals surface area contributed by atoms with E-state index in [9.17, 15) is 4.79 Å². The maximum atomic E-state index is 12.2. The molecule has 1 amide bonds. The standard InChI is InChI=1S/C23H20N2O4/c26-23(22-16-28-20-8-4-5-9-21(20)29-22)25-24-14-17-10-12-19(13-11-17)27-15-18-6-2-1-3-7-18/h1-14,22H,15-16H2,(H,25,26)/b24-14-/t22-/m1/s1. The molecule has 146 valence electrons. The molecule has 6 heteroatoms. The van der Waals surface area contributed by atoms with Gasteiger partial charge in [0.1, 0.15) is 19.0 Å². The fourth-order valence-electron chi connectivity index (χ4n) is 2.78. The first-order valence-electron chi connectivity index (χ1n) is 9.26. The monoisotopic (exact) mass is 388 g/mol. The highest BCUT2D eigenvalue weighted by Gasteiger charge is 2.26. The fourth-order valence-corrected chi connectivity index (χ4v) is 2.78. The lowest BCUT2D eigenvalue weighted by Gasteiger charge is -2.24. The molecule has 0 fully saturated rings. The number of ether oxygens (including phenoxy) is 3. The second kappa shape index (κ2) is 8.93. The van der Waals surface area contributed by atoms with Crippen LogP contribution in [0.4, 0.5) is 0 Å². The van der Waals surface area contributed by atoms with Gasteiger partial charge in [0.2, 0.25) is 6.10 Å². The quantitative estimate of drug-likeness (QED) is 0.518. The van der Waals surface area contributed by atoms with Crippen molar-refractivity contribution in [3.8, 4) is 17.2 Å². The molecule has 0 spiro atoms. The SMILES string of the molecule is O=C(N/N=C\c1ccc(OCc2ccccc2)cc1)[C@H]1COc2ccccc2O1. The van der Waals surface area contributed by atoms with E-state index >= 15 is 0 Å². The predicted molar refractivity (Wildman–Crippen MR) is 109 cm³/mol. The molecular weight excluding hydrogens is 368 g/mol. The minimum absolute atomic E-state index is 0.145. The van der Waals surface area contributed by atoms with Crippen LogP contribution in [0.2, 0.25) is 0 Å². The number of benzene rings is 3. The Balaban J connectivity index is 1.26. The van der Waals surface area contributed by atoms with Crippen LogP contribution < -0.4 is 19.6 Å². The van der Waals surface area contributed by atoms with Crippen LogP contribution in [0.5, 0.6) is 17.2 Å². The molecule has 0 unspecified atom stereocenters. The van der Waals surface area contributed by atoms with Gasteiger partial charge in [0.15, 0.2) is 11.5 Å². The summed E-state index contributed by atoms with van der Waals surface area (Å²) in [6, 6.07) is 24.7. The van der Waals surface area contributed by atoms with Gasteiger partial charge in [-0.05, 0) is 47.5 Å². The van der Waals surface area contributed by atoms with E-state index < -0.39 is 6.10 Å². The van der Waals surface area contributed by atoms with Crippen molar-refractivity contribution >= 4 is 12.1 Å². The Bertz CT molecular complexity index is 987. The van der Waals surface area contributed by atoms with Crippen molar-refractivity contribution in [1.82, 2.24) is 5.43 Å². The Hall–Kier alpha value is -3.80. The first kappa shape index (κ1) is 18.6. The molecule has 1 aliphatic rings. The van der Waals surface area contributed by atoms with E-state index in [1.54, 1.807) is 18.3 Å². The van der Waals surface area contributed by atoms with Gasteiger partial charge in [0.05, 0.1) is 6.21 Å². The molecule has 1 N–H and O–H groups in total. The molecule has 0 saturated carbocycles. The van der Waals surface area contributed by atoms with Gasteiger partial charge in [-0.3, -0.25) is 4.79 Å². The van der Waals surface area contributed by atoms with E-state index in [2.05, 4.69) is 10.5 Å². The van der Waals surface area contributed by atoms with E-state index in [4.69, 9.17) is 14.2 Å². The number of rotatable bonds is 6. The molecule has 4 rings (SSSR count). The lowest BCUT2D eigenvalue weighted by atomic mass is 10.2. The van der Waals surface area contributed by atoms with E-state index in [0.29, 0.717) is 18.1 Å². The van der Waals surface area contributed by atoms with Crippen LogP contribution in [0, 0.1) is 0 Å². The number of hydrogen-bond acceptors (Lipinski definition) is 5. The molecule has 0 bridgehead atoms. The highest BCUT2D eigenvalue weighted by molar-refractivity contribution is 5.85. The first-order valence-corrected chi connectivity index (χ1v) is 9.26. The molecule has 6 nitrogen and oxygen atoms in total. The summed E-state index contributed by atoms with van der Waals surface area (Å²) in [4.78, 5) is 12.2. The number of nitrogens with zero attached hydrogens (tertiary/aromatic N) is 1. The largest absolute Gasteiger partial charge is 0.489 e. The molecular formula is C23H20N2O4. The molecule has 0 aromatic heterocycles. The van der Waals surface area contributed by atoms with Crippen LogP contribution in [0.15, 0.2) is 84.0 Å². The number of nitrogens with one attached hydrogen (secondary N) is 1. The Morgan fingerprint density at radius 2 is 1.72 bits per heavy atom. The second-order valence-electron chi connectivity index (χ2n) is 6.44. The fraction of sp³-hybridized carbons (Fsp3) is 0.130. The number of carbonyl (C=O) groups is 1. The lowest BCUT2D eigenvalue weighted by molar-refractivity contribution is -0.130. The van der Waals surface area contributed by atoms with Crippen molar-refractivity contribution < 1.29 is 19.0 Å². The maximum Gasteiger partial charge on any atom is 0.284 e. The van der Waals surface area contributed by atoms with Gasteiger partial charge in [-0.2, -0.15) is 5.10 Å². The summed E-state index contributed by atoms with van der Waals surface area (Å²) in [5, 5.41) is 4.00. The minimum Gasteiger partial charge on any atom is -0.489 e. The number of fused-ring (bicyclic) bond motifs is 1. The number of hydrogen-bond donors (Lipinski definition) is 1. The van der Waals surface area contributed by atoms with Gasteiger partial charge in [0.25, 0.3) is 5.91 Å². The summed E-state index contributed by atoms with van der Waals surface area (Å²) < 4.78 is 16.9. The van der Waals surface area contributed by atoms with Crippen LogP contribution in [-0.2, 0) is 11.4 Å². The molecule has 1 atom stereocenters. The van der Waals surface area contributed by atoms with Crippen LogP contribution in [0.3, 0.4) is 0 Å². The van der Waals surface area contributed by atoms with Crippen LogP contribution >= 0.6 is 0 Å². The molecule has 3 aromatic rings. The highest BCUT2D eigenvalue weighted by Crippen LogP contribution is 2.30. The third-order valence-corrected chi connectivity index (χ3v) is 4.32. The molecule has 29 heavy (non-hydrogen) atoms. The van der Waals surface area contributed by atoms with Gasteiger partial charge in [-0.25, -0.2) is 5.43 Å². The third kappa shape index (κ3) is 4.93. The third-order valence-electron chi connectivity index (χ3n) is 4.32. The smallest absolute Gasteiger partial charge is 0.284 e. The van der Waals surface area contributed by atoms with Crippen LogP contribution in [0.25, 0.3) is 0 Å². The van der Waals surface area contributed by atoms with E-state index in [0.717, 1.165) is 16.9 Å². The topological polar surface area (TPSA) is 69.2 Å². The summed E-state index contributed by atoms with van der Waals surface area (Å²) in [6.07, 6.45) is 0.826. The summed E-state index contributed by atoms with van der Waals surface area (Å²) in [7, 11) is 0. The number of para-hydroxylation sites is 2. The average molecular weight is 388 g/mol. The molecule has 0 radical (unpaired) electrons. The van der Waals surface area contributed by atoms with Crippen LogP contribution in [-0.4, -0.2) is 24.8 Å². The van der Waals surface area contributed by atoms with Crippen molar-refractivity contribution in [2.75, 3.05) is 6.61 Å². The predicted octanol–water partition coefficient (Wildman–Crippen LogP) is 3.56. The first-order chi connectivity index (χ1) is 14.3. The van der Waals surface area contributed by atoms with Crippen molar-refractivity contribution in [3.63, 3.8) is 0 Å². The summed E-state index contributed by atoms with van der Waals surface area (Å²) in [5.74, 6) is 1.59. The Morgan fingerprint density at radius 1 is 1.00 bits per heavy atom. The van der Waals surface area contributed by atoms with E-state index in [1.807, 2.05) is 66.7 Å². The summed E-state index contributed by atoms with van der Waals surface area (Å²) >= 11 is 0. The van der Waals surface area contributed by atoms with Gasteiger partial charge >= 0.3 is 0 Å². The minimum atomic E-state index is -0.740. The number of carbonyl (C=O) groups excluding carboxylic acids is 1. The Labute approximate surface area is 168 Å². The van der Waals surface area contributed by atoms with Gasteiger partial charge < -0.3 is 14.2 Å². The number of amides is 1. The highest BCUT2D eigenvalue weighted by atomic mass is 16.6. The van der Waals surface area contributed by atoms with Crippen molar-refractivity contribution in [1.29, 1.82) is 0 Å². The molecule has 1 heterocycles. The Morgan fingerprint density at radius 3 is 2.52 bits per heavy atom. The van der Waals surface area contributed by atoms with Gasteiger partial charge in [-0.15, -0.1) is 0 Å². The molecule has 1 aliphatic heterocycles. The second-order valence-corrected chi connectivity index (χ2v) is 6.44. The molecule has 0 saturated heterocycles. The molecule has 0 aliphatic carbocycles. The van der Waals surface area contributed by atoms with E-state index in [-0.39, 0.29) is 12.5 Å². The summed E-state index contributed by atoms with van der Waals surface area (Å²) in [6.45, 7) is 0.655. The summed E-state index contributed by atoms with van der Waals surface area (Å²) in [5.41, 5.74) is 4.43. The Kier molecular flexibility index (Phi) is 5.71. The van der Waals surface area contributed by atoms with Crippen molar-refractivity contribution in [3.05, 3.63) is 90.0 Å². The normalized spacial score (nSPS) is 15.1. The van der Waals surface area contributed by atoms with Crippen molar-refractivity contribution in [2.24, 2.45) is 5.10 Å². The van der Waals surface area contributed by atoms with Gasteiger partial charge in [-0.1, -0.05) is 42.5 Å². The maximum absolute atomic E-state index is 12.2. The zero-order chi connectivity index (χ0) is 19.9. The lowest BCUT2D eigenvalue weighted by Crippen LogP contribution is -2.42. The van der Waals surface area contributed by atoms with Crippen LogP contribution in [0.1, 0.15) is 11.1 Å². The zero-order valence-electron chi connectivity index (χ0n) is 15.7. The van der Waals surface area contributed by atoms with Crippen molar-refractivity contribution in [2.45, 2.75) is 12.7 Å². The molecule has 3 aromatic carbocycles.